The molecule has 4 aliphatic heterocycles. The molecule has 0 bridgehead atoms. The third-order valence-corrected chi connectivity index (χ3v) is 12.4. The van der Waals surface area contributed by atoms with E-state index < -0.39 is 29.7 Å². The smallest absolute Gasteiger partial charge is 0.262 e. The molecule has 59 heavy (non-hydrogen) atoms. The molecule has 3 N–H and O–H groups in total. The lowest BCUT2D eigenvalue weighted by Gasteiger charge is -2.49. The Hall–Kier alpha value is -6.68. The molecule has 4 fully saturated rings. The molecule has 3 saturated heterocycles. The highest BCUT2D eigenvalue weighted by atomic mass is 16.2. The first-order chi connectivity index (χ1) is 28.8. The summed E-state index contributed by atoms with van der Waals surface area (Å²) in [5.41, 5.74) is 6.01. The van der Waals surface area contributed by atoms with Crippen LogP contribution in [-0.4, -0.2) is 116 Å². The van der Waals surface area contributed by atoms with Crippen molar-refractivity contribution in [2.75, 3.05) is 54.4 Å². The van der Waals surface area contributed by atoms with Crippen LogP contribution in [0.15, 0.2) is 85.5 Å². The minimum Gasteiger partial charge on any atom is -0.369 e. The van der Waals surface area contributed by atoms with Gasteiger partial charge < -0.3 is 25.0 Å². The van der Waals surface area contributed by atoms with Crippen molar-refractivity contribution in [1.29, 1.82) is 0 Å². The number of imidazole rings is 1. The third-order valence-electron chi connectivity index (χ3n) is 12.4. The molecule has 0 spiro atoms. The van der Waals surface area contributed by atoms with E-state index in [0.29, 0.717) is 34.9 Å². The Morgan fingerprint density at radius 2 is 1.53 bits per heavy atom. The summed E-state index contributed by atoms with van der Waals surface area (Å²) < 4.78 is 2.09. The van der Waals surface area contributed by atoms with Crippen LogP contribution < -0.4 is 25.8 Å². The van der Waals surface area contributed by atoms with Crippen LogP contribution in [0.2, 0.25) is 0 Å². The van der Waals surface area contributed by atoms with E-state index in [0.717, 1.165) is 85.3 Å². The first-order valence-electron chi connectivity index (χ1n) is 20.2. The Kier molecular flexibility index (Phi) is 9.27. The standard InChI is InChI=1S/C43H43N11O5/c55-36-13-12-35(41(57)49-36)54-42(58)33-11-10-30(21-34(33)43(54)59)50-14-16-51(17-15-50)32-22-52(23-32)29-8-6-27(7-9-29)48-39-38-40(45-24-44-39)53(25-46-38)31-19-28(20-31)47-37(56)18-26-4-2-1-3-5-26/h1-11,21,24-25,28,31-32,35H,12-20,22-23H2,(H,47,56)(H,44,45,48)(H,49,55,57)/t28?,31?,35-/m0/s1. The molecule has 1 saturated carbocycles. The van der Waals surface area contributed by atoms with Crippen LogP contribution in [0.25, 0.3) is 11.2 Å². The van der Waals surface area contributed by atoms with E-state index in [4.69, 9.17) is 0 Å². The maximum Gasteiger partial charge on any atom is 0.262 e. The van der Waals surface area contributed by atoms with Gasteiger partial charge in [0.1, 0.15) is 12.4 Å². The number of fused-ring (bicyclic) bond motifs is 2. The molecule has 0 unspecified atom stereocenters. The molecular weight excluding hydrogens is 751 g/mol. The molecule has 16 heteroatoms. The number of hydrogen-bond acceptors (Lipinski definition) is 12. The molecule has 6 heterocycles. The molecule has 2 aromatic heterocycles. The summed E-state index contributed by atoms with van der Waals surface area (Å²) in [6, 6.07) is 23.3. The van der Waals surface area contributed by atoms with Gasteiger partial charge in [-0.1, -0.05) is 30.3 Å². The van der Waals surface area contributed by atoms with E-state index in [1.54, 1.807) is 18.5 Å². The van der Waals surface area contributed by atoms with Crippen LogP contribution in [0.1, 0.15) is 58.0 Å². The highest BCUT2D eigenvalue weighted by molar-refractivity contribution is 6.23. The topological polar surface area (TPSA) is 178 Å². The summed E-state index contributed by atoms with van der Waals surface area (Å²) in [6.07, 6.45) is 5.63. The Morgan fingerprint density at radius 1 is 0.780 bits per heavy atom. The largest absolute Gasteiger partial charge is 0.369 e. The Balaban J connectivity index is 0.697. The second-order valence-corrected chi connectivity index (χ2v) is 16.0. The summed E-state index contributed by atoms with van der Waals surface area (Å²) in [7, 11) is 0. The quantitative estimate of drug-likeness (QED) is 0.177. The predicted molar refractivity (Wildman–Crippen MR) is 218 cm³/mol. The molecule has 3 aromatic carbocycles. The van der Waals surface area contributed by atoms with E-state index in [-0.39, 0.29) is 30.8 Å². The SMILES string of the molecule is O=C1CC[C@H](N2C(=O)c3ccc(N4CCN(C5CN(c6ccc(Nc7ncnc8c7ncn8C7CC(NC(=O)Cc8ccccc8)C7)cc6)C5)CC4)cc3C2=O)C(=O)N1. The second-order valence-electron chi connectivity index (χ2n) is 16.0. The molecule has 16 nitrogen and oxygen atoms in total. The number of carbonyl (C=O) groups is 5. The lowest BCUT2D eigenvalue weighted by Crippen LogP contribution is -2.63. The first kappa shape index (κ1) is 36.6. The number of piperazine rings is 1. The van der Waals surface area contributed by atoms with E-state index >= 15 is 0 Å². The fourth-order valence-corrected chi connectivity index (χ4v) is 8.99. The van der Waals surface area contributed by atoms with Gasteiger partial charge in [-0.2, -0.15) is 0 Å². The fourth-order valence-electron chi connectivity index (χ4n) is 8.99. The van der Waals surface area contributed by atoms with Crippen LogP contribution in [-0.2, 0) is 20.8 Å². The zero-order chi connectivity index (χ0) is 40.2. The number of benzene rings is 3. The van der Waals surface area contributed by atoms with Crippen molar-refractivity contribution in [3.63, 3.8) is 0 Å². The van der Waals surface area contributed by atoms with Crippen LogP contribution in [0.5, 0.6) is 0 Å². The monoisotopic (exact) mass is 793 g/mol. The van der Waals surface area contributed by atoms with Gasteiger partial charge in [-0.3, -0.25) is 39.1 Å². The zero-order valence-electron chi connectivity index (χ0n) is 32.3. The lowest BCUT2D eigenvalue weighted by atomic mass is 9.86. The van der Waals surface area contributed by atoms with Gasteiger partial charge in [0, 0.05) is 80.9 Å². The van der Waals surface area contributed by atoms with Crippen LogP contribution in [0.4, 0.5) is 22.9 Å². The van der Waals surface area contributed by atoms with Gasteiger partial charge in [0.2, 0.25) is 17.7 Å². The Labute approximate surface area is 339 Å². The van der Waals surface area contributed by atoms with Gasteiger partial charge in [0.25, 0.3) is 11.8 Å². The highest BCUT2D eigenvalue weighted by Crippen LogP contribution is 2.36. The maximum absolute atomic E-state index is 13.3. The number of nitrogens with zero attached hydrogens (tertiary/aromatic N) is 8. The summed E-state index contributed by atoms with van der Waals surface area (Å²) in [5.74, 6) is -1.29. The number of carbonyl (C=O) groups excluding carboxylic acids is 5. The first-order valence-corrected chi connectivity index (χ1v) is 20.2. The molecule has 1 aliphatic carbocycles. The predicted octanol–water partition coefficient (Wildman–Crippen LogP) is 3.04. The number of amides is 5. The number of nitrogens with one attached hydrogen (secondary N) is 3. The maximum atomic E-state index is 13.3. The molecule has 300 valence electrons. The Bertz CT molecular complexity index is 2470. The Morgan fingerprint density at radius 3 is 2.29 bits per heavy atom. The van der Waals surface area contributed by atoms with Crippen molar-refractivity contribution in [2.24, 2.45) is 0 Å². The van der Waals surface area contributed by atoms with E-state index in [1.807, 2.05) is 42.7 Å². The summed E-state index contributed by atoms with van der Waals surface area (Å²) in [5, 5.41) is 8.83. The number of imide groups is 2. The number of piperidine rings is 1. The van der Waals surface area contributed by atoms with Crippen molar-refractivity contribution >= 4 is 63.6 Å². The minimum atomic E-state index is -0.975. The van der Waals surface area contributed by atoms with Crippen LogP contribution in [0.3, 0.4) is 0 Å². The molecule has 10 rings (SSSR count). The summed E-state index contributed by atoms with van der Waals surface area (Å²) in [6.45, 7) is 5.20. The van der Waals surface area contributed by atoms with Gasteiger partial charge in [-0.05, 0) is 67.3 Å². The summed E-state index contributed by atoms with van der Waals surface area (Å²) >= 11 is 0. The normalized spacial score (nSPS) is 22.2. The number of hydrogen-bond donors (Lipinski definition) is 3. The molecule has 1 atom stereocenters. The van der Waals surface area contributed by atoms with Crippen molar-refractivity contribution in [1.82, 2.24) is 40.0 Å². The van der Waals surface area contributed by atoms with E-state index in [2.05, 4.69) is 74.4 Å². The van der Waals surface area contributed by atoms with Crippen LogP contribution >= 0.6 is 0 Å². The van der Waals surface area contributed by atoms with Gasteiger partial charge in [-0.15, -0.1) is 0 Å². The average Bonchev–Trinajstić information content (AvgIpc) is 3.75. The van der Waals surface area contributed by atoms with Crippen molar-refractivity contribution in [3.8, 4) is 0 Å². The van der Waals surface area contributed by atoms with Crippen molar-refractivity contribution in [2.45, 2.75) is 56.3 Å². The second kappa shape index (κ2) is 14.9. The van der Waals surface area contributed by atoms with Crippen LogP contribution in [0, 0.1) is 0 Å². The van der Waals surface area contributed by atoms with Crippen molar-refractivity contribution in [3.05, 3.63) is 102 Å². The highest BCUT2D eigenvalue weighted by Gasteiger charge is 2.45. The molecule has 5 aromatic rings. The molecular formula is C43H43N11O5. The fraction of sp³-hybridized carbons (Fsp3) is 0.349. The van der Waals surface area contributed by atoms with E-state index in [9.17, 15) is 24.0 Å². The average molecular weight is 794 g/mol. The number of anilines is 4. The lowest BCUT2D eigenvalue weighted by molar-refractivity contribution is -0.136. The molecule has 0 radical (unpaired) electrons. The number of rotatable bonds is 10. The number of aromatic nitrogens is 4. The summed E-state index contributed by atoms with van der Waals surface area (Å²) in [4.78, 5) is 84.9. The molecule has 5 aliphatic rings. The van der Waals surface area contributed by atoms with Gasteiger partial charge in [0.15, 0.2) is 17.0 Å². The van der Waals surface area contributed by atoms with E-state index in [1.165, 1.54) is 0 Å². The zero-order valence-corrected chi connectivity index (χ0v) is 32.3. The van der Waals surface area contributed by atoms with Gasteiger partial charge in [-0.25, -0.2) is 15.0 Å². The van der Waals surface area contributed by atoms with Gasteiger partial charge >= 0.3 is 0 Å². The van der Waals surface area contributed by atoms with Crippen molar-refractivity contribution < 1.29 is 24.0 Å². The minimum absolute atomic E-state index is 0.0396. The molecule has 5 amide bonds. The van der Waals surface area contributed by atoms with Gasteiger partial charge in [0.05, 0.1) is 23.9 Å². The third kappa shape index (κ3) is 6.92.